The van der Waals surface area contributed by atoms with Crippen molar-refractivity contribution >= 4 is 18.4 Å². The van der Waals surface area contributed by atoms with Crippen molar-refractivity contribution in [2.24, 2.45) is 0 Å². The lowest BCUT2D eigenvalue weighted by Crippen LogP contribution is -2.29. The van der Waals surface area contributed by atoms with Crippen molar-refractivity contribution < 1.29 is 12.3 Å². The number of hydrogen-bond donors (Lipinski definition) is 0. The summed E-state index contributed by atoms with van der Waals surface area (Å²) in [6.45, 7) is 9.31. The quantitative estimate of drug-likeness (QED) is 0.783. The molecule has 1 aromatic carbocycles. The molecule has 1 aromatic rings. The lowest BCUT2D eigenvalue weighted by atomic mass is 10.2. The molecule has 0 bridgehead atoms. The van der Waals surface area contributed by atoms with Crippen molar-refractivity contribution in [3.63, 3.8) is 0 Å². The predicted octanol–water partition coefficient (Wildman–Crippen LogP) is 2.84. The molecule has 3 nitrogen and oxygen atoms in total. The molecule has 0 aliphatic carbocycles. The lowest BCUT2D eigenvalue weighted by Gasteiger charge is -2.17. The van der Waals surface area contributed by atoms with Gasteiger partial charge in [0.15, 0.2) is 0 Å². The van der Waals surface area contributed by atoms with Gasteiger partial charge in [-0.25, -0.2) is 0 Å². The van der Waals surface area contributed by atoms with Crippen molar-refractivity contribution in [1.82, 2.24) is 0 Å². The van der Waals surface area contributed by atoms with Crippen LogP contribution in [-0.2, 0) is 14.0 Å². The Hall–Kier alpha value is -0.653. The van der Waals surface area contributed by atoms with E-state index in [-0.39, 0.29) is 4.90 Å². The van der Waals surface area contributed by atoms with Crippen molar-refractivity contribution in [2.45, 2.75) is 38.4 Å². The van der Waals surface area contributed by atoms with Crippen LogP contribution in [0.4, 0.5) is 0 Å². The van der Waals surface area contributed by atoms with Crippen LogP contribution in [0.15, 0.2) is 23.1 Å². The Kier molecular flexibility index (Phi) is 3.61. The maximum Gasteiger partial charge on any atom is 0.287 e. The molecular formula is C11H18O3SSi. The standard InChI is InChI=1S/C11H18O3SSi/c1-9-6-10(2)8-11(7-9)15(12,13)14-16(3,4)5/h6-8H,1-5H3. The van der Waals surface area contributed by atoms with Crippen LogP contribution in [0.1, 0.15) is 11.1 Å². The van der Waals surface area contributed by atoms with Crippen molar-refractivity contribution in [3.05, 3.63) is 29.3 Å². The maximum absolute atomic E-state index is 12.0. The summed E-state index contributed by atoms with van der Waals surface area (Å²) in [6.07, 6.45) is 0. The first-order valence-corrected chi connectivity index (χ1v) is 9.96. The van der Waals surface area contributed by atoms with Gasteiger partial charge in [0, 0.05) is 0 Å². The smallest absolute Gasteiger partial charge is 0.287 e. The second kappa shape index (κ2) is 4.31. The zero-order valence-corrected chi connectivity index (χ0v) is 12.2. The van der Waals surface area contributed by atoms with Gasteiger partial charge < -0.3 is 3.87 Å². The third-order valence-corrected chi connectivity index (χ3v) is 5.53. The van der Waals surface area contributed by atoms with Crippen molar-refractivity contribution in [2.75, 3.05) is 0 Å². The second-order valence-electron chi connectivity index (χ2n) is 4.97. The summed E-state index contributed by atoms with van der Waals surface area (Å²) in [7, 11) is -5.70. The van der Waals surface area contributed by atoms with Crippen LogP contribution in [-0.4, -0.2) is 16.7 Å². The van der Waals surface area contributed by atoms with Gasteiger partial charge in [-0.2, -0.15) is 8.42 Å². The molecular weight excluding hydrogens is 240 g/mol. The van der Waals surface area contributed by atoms with Crippen molar-refractivity contribution in [3.8, 4) is 0 Å². The van der Waals surface area contributed by atoms with Crippen LogP contribution in [0.5, 0.6) is 0 Å². The Morgan fingerprint density at radius 2 is 1.44 bits per heavy atom. The van der Waals surface area contributed by atoms with E-state index in [4.69, 9.17) is 3.87 Å². The lowest BCUT2D eigenvalue weighted by molar-refractivity contribution is 0.485. The molecule has 1 rings (SSSR count). The van der Waals surface area contributed by atoms with Crippen LogP contribution < -0.4 is 0 Å². The molecule has 0 aliphatic rings. The Morgan fingerprint density at radius 3 is 1.81 bits per heavy atom. The zero-order valence-electron chi connectivity index (χ0n) is 10.4. The van der Waals surface area contributed by atoms with E-state index < -0.39 is 18.4 Å². The molecule has 0 fully saturated rings. The van der Waals surface area contributed by atoms with E-state index in [1.807, 2.05) is 39.6 Å². The Labute approximate surface area is 98.7 Å². The first kappa shape index (κ1) is 13.4. The number of rotatable bonds is 3. The topological polar surface area (TPSA) is 43.4 Å². The van der Waals surface area contributed by atoms with E-state index in [0.29, 0.717) is 0 Å². The maximum atomic E-state index is 12.0. The SMILES string of the molecule is Cc1cc(C)cc(S(=O)(=O)O[Si](C)(C)C)c1. The highest BCUT2D eigenvalue weighted by atomic mass is 32.2. The van der Waals surface area contributed by atoms with Gasteiger partial charge in [-0.05, 0) is 56.7 Å². The molecule has 16 heavy (non-hydrogen) atoms. The van der Waals surface area contributed by atoms with Gasteiger partial charge in [-0.15, -0.1) is 0 Å². The number of benzene rings is 1. The molecule has 90 valence electrons. The Morgan fingerprint density at radius 1 is 1.00 bits per heavy atom. The fourth-order valence-corrected chi connectivity index (χ4v) is 5.13. The van der Waals surface area contributed by atoms with E-state index >= 15 is 0 Å². The minimum absolute atomic E-state index is 0.257. The minimum Gasteiger partial charge on any atom is -0.312 e. The van der Waals surface area contributed by atoms with Gasteiger partial charge in [-0.1, -0.05) is 6.07 Å². The average Bonchev–Trinajstić information content (AvgIpc) is 1.96. The zero-order chi connectivity index (χ0) is 12.6. The van der Waals surface area contributed by atoms with E-state index in [2.05, 4.69) is 0 Å². The largest absolute Gasteiger partial charge is 0.312 e. The van der Waals surface area contributed by atoms with E-state index in [1.54, 1.807) is 12.1 Å². The van der Waals surface area contributed by atoms with Gasteiger partial charge in [0.1, 0.15) is 0 Å². The summed E-state index contributed by atoms with van der Waals surface area (Å²) < 4.78 is 29.2. The molecule has 0 aliphatic heterocycles. The normalized spacial score (nSPS) is 12.8. The summed E-state index contributed by atoms with van der Waals surface area (Å²) in [5.74, 6) is 0. The first-order chi connectivity index (χ1) is 7.10. The van der Waals surface area contributed by atoms with Gasteiger partial charge in [-0.3, -0.25) is 0 Å². The Bertz CT molecular complexity index is 466. The molecule has 0 spiro atoms. The van der Waals surface area contributed by atoms with E-state index in [0.717, 1.165) is 11.1 Å². The summed E-state index contributed by atoms with van der Waals surface area (Å²) in [6, 6.07) is 5.22. The first-order valence-electron chi connectivity index (χ1n) is 5.14. The fourth-order valence-electron chi connectivity index (χ4n) is 1.45. The highest BCUT2D eigenvalue weighted by Gasteiger charge is 2.26. The van der Waals surface area contributed by atoms with Crippen LogP contribution in [0.25, 0.3) is 0 Å². The molecule has 0 saturated carbocycles. The van der Waals surface area contributed by atoms with Crippen LogP contribution >= 0.6 is 0 Å². The fraction of sp³-hybridized carbons (Fsp3) is 0.455. The van der Waals surface area contributed by atoms with Crippen LogP contribution in [0, 0.1) is 13.8 Å². The molecule has 0 amide bonds. The number of hydrogen-bond acceptors (Lipinski definition) is 3. The Balaban J connectivity index is 3.18. The number of aryl methyl sites for hydroxylation is 2. The van der Waals surface area contributed by atoms with Gasteiger partial charge >= 0.3 is 0 Å². The third kappa shape index (κ3) is 3.73. The summed E-state index contributed by atoms with van der Waals surface area (Å²) in [5.41, 5.74) is 1.86. The van der Waals surface area contributed by atoms with Crippen LogP contribution in [0.2, 0.25) is 19.6 Å². The second-order valence-corrected chi connectivity index (χ2v) is 11.2. The van der Waals surface area contributed by atoms with Gasteiger partial charge in [0.05, 0.1) is 4.90 Å². The highest BCUT2D eigenvalue weighted by Crippen LogP contribution is 2.20. The third-order valence-electron chi connectivity index (χ3n) is 1.84. The molecule has 0 N–H and O–H groups in total. The minimum atomic E-state index is -3.60. The molecule has 0 radical (unpaired) electrons. The molecule has 0 unspecified atom stereocenters. The summed E-state index contributed by atoms with van der Waals surface area (Å²) >= 11 is 0. The summed E-state index contributed by atoms with van der Waals surface area (Å²) in [5, 5.41) is 0. The van der Waals surface area contributed by atoms with E-state index in [9.17, 15) is 8.42 Å². The molecule has 0 heterocycles. The highest BCUT2D eigenvalue weighted by molar-refractivity contribution is 7.87. The monoisotopic (exact) mass is 258 g/mol. The van der Waals surface area contributed by atoms with Gasteiger partial charge in [0.2, 0.25) is 8.32 Å². The van der Waals surface area contributed by atoms with Crippen molar-refractivity contribution in [1.29, 1.82) is 0 Å². The van der Waals surface area contributed by atoms with E-state index in [1.165, 1.54) is 0 Å². The molecule has 0 saturated heterocycles. The molecule has 5 heteroatoms. The molecule has 0 aromatic heterocycles. The summed E-state index contributed by atoms with van der Waals surface area (Å²) in [4.78, 5) is 0.257. The average molecular weight is 258 g/mol. The molecule has 0 atom stereocenters. The van der Waals surface area contributed by atoms with Crippen LogP contribution in [0.3, 0.4) is 0 Å². The van der Waals surface area contributed by atoms with Gasteiger partial charge in [0.25, 0.3) is 10.1 Å². The predicted molar refractivity (Wildman–Crippen MR) is 67.5 cm³/mol.